The molecule has 4 nitrogen and oxygen atoms in total. The molecule has 0 saturated carbocycles. The van der Waals surface area contributed by atoms with Crippen LogP contribution in [0.4, 0.5) is 14.6 Å². The number of carbonyl (C=O) groups is 1. The molecule has 0 bridgehead atoms. The Balaban J connectivity index is 2.52. The molecule has 17 heavy (non-hydrogen) atoms. The van der Waals surface area contributed by atoms with Crippen molar-refractivity contribution in [2.45, 2.75) is 12.8 Å². The van der Waals surface area contributed by atoms with Crippen molar-refractivity contribution in [1.82, 2.24) is 4.98 Å². The third-order valence-corrected chi connectivity index (χ3v) is 2.25. The minimum absolute atomic E-state index is 0.0660. The van der Waals surface area contributed by atoms with E-state index in [1.165, 1.54) is 12.0 Å². The normalized spacial score (nSPS) is 10.1. The monoisotopic (exact) mass is 244 g/mol. The number of hydrogen-bond donors (Lipinski definition) is 0. The highest BCUT2D eigenvalue weighted by Gasteiger charge is 2.10. The molecule has 0 amide bonds. The van der Waals surface area contributed by atoms with E-state index in [9.17, 15) is 13.6 Å². The molecule has 94 valence electrons. The van der Waals surface area contributed by atoms with Crippen LogP contribution < -0.4 is 4.90 Å². The van der Waals surface area contributed by atoms with Gasteiger partial charge in [-0.1, -0.05) is 0 Å². The minimum Gasteiger partial charge on any atom is -0.469 e. The summed E-state index contributed by atoms with van der Waals surface area (Å²) in [5.74, 6) is -1.68. The number of methoxy groups -OCH3 is 1. The summed E-state index contributed by atoms with van der Waals surface area (Å²) >= 11 is 0. The summed E-state index contributed by atoms with van der Waals surface area (Å²) in [5.41, 5.74) is 0. The second kappa shape index (κ2) is 6.12. The molecule has 0 radical (unpaired) electrons. The fourth-order valence-electron chi connectivity index (χ4n) is 1.36. The maximum atomic E-state index is 13.3. The topological polar surface area (TPSA) is 42.4 Å². The average Bonchev–Trinajstić information content (AvgIpc) is 2.28. The smallest absolute Gasteiger partial charge is 0.305 e. The second-order valence-corrected chi connectivity index (χ2v) is 3.56. The largest absolute Gasteiger partial charge is 0.469 e. The number of nitrogens with zero attached hydrogens (tertiary/aromatic N) is 2. The zero-order valence-corrected chi connectivity index (χ0v) is 9.74. The van der Waals surface area contributed by atoms with Gasteiger partial charge in [-0.05, 0) is 6.42 Å². The number of anilines is 1. The van der Waals surface area contributed by atoms with Gasteiger partial charge in [0, 0.05) is 26.1 Å². The van der Waals surface area contributed by atoms with Gasteiger partial charge in [-0.2, -0.15) is 0 Å². The minimum atomic E-state index is -0.717. The van der Waals surface area contributed by atoms with Crippen LogP contribution in [0.2, 0.25) is 0 Å². The van der Waals surface area contributed by atoms with Crippen LogP contribution in [0.1, 0.15) is 12.8 Å². The molecule has 0 N–H and O–H groups in total. The SMILES string of the molecule is COC(=O)CCCN(C)c1ncc(F)cc1F. The molecule has 1 aromatic heterocycles. The Labute approximate surface area is 98.2 Å². The number of halogens is 2. The van der Waals surface area contributed by atoms with E-state index in [1.54, 1.807) is 7.05 Å². The molecule has 1 heterocycles. The molecule has 0 aromatic carbocycles. The van der Waals surface area contributed by atoms with E-state index in [0.717, 1.165) is 12.3 Å². The van der Waals surface area contributed by atoms with E-state index >= 15 is 0 Å². The molecule has 1 aromatic rings. The quantitative estimate of drug-likeness (QED) is 0.740. The molecular weight excluding hydrogens is 230 g/mol. The zero-order valence-electron chi connectivity index (χ0n) is 9.74. The molecule has 0 aliphatic rings. The van der Waals surface area contributed by atoms with Crippen LogP contribution in [0.15, 0.2) is 12.3 Å². The lowest BCUT2D eigenvalue weighted by atomic mass is 10.3. The lowest BCUT2D eigenvalue weighted by molar-refractivity contribution is -0.140. The highest BCUT2D eigenvalue weighted by Crippen LogP contribution is 2.15. The van der Waals surface area contributed by atoms with Gasteiger partial charge in [-0.25, -0.2) is 13.8 Å². The van der Waals surface area contributed by atoms with Crippen LogP contribution in [-0.4, -0.2) is 31.7 Å². The predicted molar refractivity (Wildman–Crippen MR) is 58.7 cm³/mol. The van der Waals surface area contributed by atoms with Gasteiger partial charge in [-0.3, -0.25) is 4.79 Å². The number of ether oxygens (including phenoxy) is 1. The van der Waals surface area contributed by atoms with Gasteiger partial charge in [0.05, 0.1) is 13.3 Å². The predicted octanol–water partition coefficient (Wildman–Crippen LogP) is 1.75. The van der Waals surface area contributed by atoms with Gasteiger partial charge in [-0.15, -0.1) is 0 Å². The number of pyridine rings is 1. The standard InChI is InChI=1S/C11H14F2N2O2/c1-15(5-3-4-10(16)17-2)11-9(13)6-8(12)7-14-11/h6-7H,3-5H2,1-2H3. The summed E-state index contributed by atoms with van der Waals surface area (Å²) < 4.78 is 30.4. The highest BCUT2D eigenvalue weighted by molar-refractivity contribution is 5.69. The van der Waals surface area contributed by atoms with Crippen molar-refractivity contribution in [2.75, 3.05) is 25.6 Å². The van der Waals surface area contributed by atoms with E-state index in [0.29, 0.717) is 13.0 Å². The van der Waals surface area contributed by atoms with Crippen LogP contribution >= 0.6 is 0 Å². The first-order valence-corrected chi connectivity index (χ1v) is 5.13. The third kappa shape index (κ3) is 3.97. The Morgan fingerprint density at radius 3 is 2.82 bits per heavy atom. The van der Waals surface area contributed by atoms with Gasteiger partial charge in [0.15, 0.2) is 11.6 Å². The van der Waals surface area contributed by atoms with Crippen molar-refractivity contribution in [2.24, 2.45) is 0 Å². The number of hydrogen-bond acceptors (Lipinski definition) is 4. The summed E-state index contributed by atoms with van der Waals surface area (Å²) in [4.78, 5) is 16.0. The van der Waals surface area contributed by atoms with Gasteiger partial charge in [0.2, 0.25) is 0 Å². The van der Waals surface area contributed by atoms with Crippen LogP contribution in [0.3, 0.4) is 0 Å². The first-order chi connectivity index (χ1) is 8.04. The summed E-state index contributed by atoms with van der Waals surface area (Å²) in [5, 5.41) is 0. The van der Waals surface area contributed by atoms with Crippen molar-refractivity contribution in [3.8, 4) is 0 Å². The Kier molecular flexibility index (Phi) is 4.81. The van der Waals surface area contributed by atoms with E-state index in [1.807, 2.05) is 0 Å². The zero-order chi connectivity index (χ0) is 12.8. The fraction of sp³-hybridized carbons (Fsp3) is 0.455. The van der Waals surface area contributed by atoms with Crippen molar-refractivity contribution in [3.63, 3.8) is 0 Å². The first kappa shape index (κ1) is 13.3. The van der Waals surface area contributed by atoms with Crippen LogP contribution in [0.5, 0.6) is 0 Å². The van der Waals surface area contributed by atoms with E-state index in [2.05, 4.69) is 9.72 Å². The Morgan fingerprint density at radius 1 is 1.53 bits per heavy atom. The van der Waals surface area contributed by atoms with Crippen LogP contribution in [0.25, 0.3) is 0 Å². The molecule has 0 fully saturated rings. The van der Waals surface area contributed by atoms with E-state index < -0.39 is 11.6 Å². The molecule has 0 atom stereocenters. The summed E-state index contributed by atoms with van der Waals surface area (Å²) in [6.45, 7) is 0.435. The molecule has 0 saturated heterocycles. The average molecular weight is 244 g/mol. The summed E-state index contributed by atoms with van der Waals surface area (Å²) in [7, 11) is 2.94. The van der Waals surface area contributed by atoms with Crippen molar-refractivity contribution < 1.29 is 18.3 Å². The fourth-order valence-corrected chi connectivity index (χ4v) is 1.36. The van der Waals surface area contributed by atoms with E-state index in [4.69, 9.17) is 0 Å². The lowest BCUT2D eigenvalue weighted by Crippen LogP contribution is -2.22. The van der Waals surface area contributed by atoms with Crippen molar-refractivity contribution in [3.05, 3.63) is 23.9 Å². The second-order valence-electron chi connectivity index (χ2n) is 3.56. The summed E-state index contributed by atoms with van der Waals surface area (Å²) in [6, 6.07) is 0.777. The first-order valence-electron chi connectivity index (χ1n) is 5.13. The Hall–Kier alpha value is -1.72. The Morgan fingerprint density at radius 2 is 2.24 bits per heavy atom. The Bertz CT molecular complexity index is 399. The number of rotatable bonds is 5. The lowest BCUT2D eigenvalue weighted by Gasteiger charge is -2.18. The van der Waals surface area contributed by atoms with Crippen molar-refractivity contribution >= 4 is 11.8 Å². The molecule has 0 aliphatic heterocycles. The molecule has 0 unspecified atom stereocenters. The number of aromatic nitrogens is 1. The number of esters is 1. The molecule has 1 rings (SSSR count). The van der Waals surface area contributed by atoms with Gasteiger partial charge in [0.1, 0.15) is 5.82 Å². The molecular formula is C11H14F2N2O2. The summed E-state index contributed by atoms with van der Waals surface area (Å²) in [6.07, 6.45) is 1.72. The maximum absolute atomic E-state index is 13.3. The van der Waals surface area contributed by atoms with Gasteiger partial charge < -0.3 is 9.64 Å². The van der Waals surface area contributed by atoms with Crippen LogP contribution in [0, 0.1) is 11.6 Å². The van der Waals surface area contributed by atoms with E-state index in [-0.39, 0.29) is 18.2 Å². The van der Waals surface area contributed by atoms with Gasteiger partial charge in [0.25, 0.3) is 0 Å². The molecule has 0 spiro atoms. The molecule has 0 aliphatic carbocycles. The maximum Gasteiger partial charge on any atom is 0.305 e. The molecule has 6 heteroatoms. The number of carbonyl (C=O) groups excluding carboxylic acids is 1. The van der Waals surface area contributed by atoms with Crippen LogP contribution in [-0.2, 0) is 9.53 Å². The third-order valence-electron chi connectivity index (χ3n) is 2.25. The van der Waals surface area contributed by atoms with Gasteiger partial charge >= 0.3 is 5.97 Å². The van der Waals surface area contributed by atoms with Crippen molar-refractivity contribution in [1.29, 1.82) is 0 Å². The highest BCUT2D eigenvalue weighted by atomic mass is 19.1.